The molecule has 2 N–H and O–H groups in total. The molecule has 1 atom stereocenters. The summed E-state index contributed by atoms with van der Waals surface area (Å²) in [5, 5.41) is 12.1. The standard InChI is InChI=1S/C13H18FN3O2/c1-9(18)10-4-6-17(7-5-10)13(19)16-12-3-2-11(14)8-15-12/h2-3,8-10,18H,4-7H2,1H3,(H,15,16,19). The number of rotatable bonds is 2. The van der Waals surface area contributed by atoms with Crippen LogP contribution in [0.5, 0.6) is 0 Å². The van der Waals surface area contributed by atoms with Crippen molar-refractivity contribution in [3.63, 3.8) is 0 Å². The molecular formula is C13H18FN3O2. The summed E-state index contributed by atoms with van der Waals surface area (Å²) in [5.41, 5.74) is 0. The molecule has 19 heavy (non-hydrogen) atoms. The minimum Gasteiger partial charge on any atom is -0.393 e. The van der Waals surface area contributed by atoms with Crippen LogP contribution in [-0.4, -0.2) is 40.2 Å². The number of amides is 2. The fourth-order valence-corrected chi connectivity index (χ4v) is 2.22. The van der Waals surface area contributed by atoms with Crippen molar-refractivity contribution in [1.82, 2.24) is 9.88 Å². The smallest absolute Gasteiger partial charge is 0.323 e. The van der Waals surface area contributed by atoms with E-state index in [4.69, 9.17) is 0 Å². The number of hydrogen-bond donors (Lipinski definition) is 2. The molecule has 1 aromatic heterocycles. The third-order valence-electron chi connectivity index (χ3n) is 3.47. The Morgan fingerprint density at radius 2 is 2.21 bits per heavy atom. The summed E-state index contributed by atoms with van der Waals surface area (Å²) >= 11 is 0. The number of hydrogen-bond acceptors (Lipinski definition) is 3. The summed E-state index contributed by atoms with van der Waals surface area (Å²) in [4.78, 5) is 17.4. The third kappa shape index (κ3) is 3.64. The van der Waals surface area contributed by atoms with Crippen LogP contribution in [0.15, 0.2) is 18.3 Å². The van der Waals surface area contributed by atoms with Gasteiger partial charge in [0, 0.05) is 13.1 Å². The number of nitrogens with one attached hydrogen (secondary N) is 1. The van der Waals surface area contributed by atoms with E-state index in [9.17, 15) is 14.3 Å². The lowest BCUT2D eigenvalue weighted by Crippen LogP contribution is -2.42. The average molecular weight is 267 g/mol. The van der Waals surface area contributed by atoms with Gasteiger partial charge in [0.05, 0.1) is 12.3 Å². The van der Waals surface area contributed by atoms with E-state index < -0.39 is 5.82 Å². The Labute approximate surface area is 111 Å². The van der Waals surface area contributed by atoms with Crippen molar-refractivity contribution in [3.8, 4) is 0 Å². The van der Waals surface area contributed by atoms with E-state index in [2.05, 4.69) is 10.3 Å². The van der Waals surface area contributed by atoms with Gasteiger partial charge in [-0.3, -0.25) is 5.32 Å². The number of anilines is 1. The summed E-state index contributed by atoms with van der Waals surface area (Å²) < 4.78 is 12.7. The van der Waals surface area contributed by atoms with Crippen LogP contribution in [0.4, 0.5) is 15.0 Å². The number of halogens is 1. The first-order chi connectivity index (χ1) is 9.06. The highest BCUT2D eigenvalue weighted by Crippen LogP contribution is 2.20. The molecule has 2 heterocycles. The minimum absolute atomic E-state index is 0.233. The maximum Gasteiger partial charge on any atom is 0.323 e. The predicted octanol–water partition coefficient (Wildman–Crippen LogP) is 1.85. The highest BCUT2D eigenvalue weighted by atomic mass is 19.1. The Bertz CT molecular complexity index is 428. The molecule has 1 aliphatic rings. The van der Waals surface area contributed by atoms with Gasteiger partial charge in [-0.25, -0.2) is 14.2 Å². The topological polar surface area (TPSA) is 65.5 Å². The molecule has 0 aromatic carbocycles. The van der Waals surface area contributed by atoms with Crippen LogP contribution >= 0.6 is 0 Å². The Morgan fingerprint density at radius 1 is 1.53 bits per heavy atom. The number of aromatic nitrogens is 1. The molecule has 0 radical (unpaired) electrons. The first kappa shape index (κ1) is 13.7. The Balaban J connectivity index is 1.86. The first-order valence-electron chi connectivity index (χ1n) is 6.42. The average Bonchev–Trinajstić information content (AvgIpc) is 2.41. The molecule has 0 saturated carbocycles. The number of carbonyl (C=O) groups excluding carboxylic acids is 1. The highest BCUT2D eigenvalue weighted by molar-refractivity contribution is 5.88. The maximum absolute atomic E-state index is 12.7. The van der Waals surface area contributed by atoms with Crippen molar-refractivity contribution in [1.29, 1.82) is 0 Å². The zero-order valence-corrected chi connectivity index (χ0v) is 10.8. The number of nitrogens with zero attached hydrogens (tertiary/aromatic N) is 2. The molecule has 104 valence electrons. The molecule has 1 saturated heterocycles. The van der Waals surface area contributed by atoms with E-state index in [0.29, 0.717) is 18.9 Å². The van der Waals surface area contributed by atoms with Gasteiger partial charge < -0.3 is 10.0 Å². The molecule has 2 amide bonds. The van der Waals surface area contributed by atoms with Crippen LogP contribution in [0.3, 0.4) is 0 Å². The first-order valence-corrected chi connectivity index (χ1v) is 6.42. The molecule has 1 unspecified atom stereocenters. The monoisotopic (exact) mass is 267 g/mol. The van der Waals surface area contributed by atoms with E-state index in [0.717, 1.165) is 19.0 Å². The largest absolute Gasteiger partial charge is 0.393 e. The Morgan fingerprint density at radius 3 is 2.74 bits per heavy atom. The Hall–Kier alpha value is -1.69. The third-order valence-corrected chi connectivity index (χ3v) is 3.47. The molecule has 2 rings (SSSR count). The SMILES string of the molecule is CC(O)C1CCN(C(=O)Nc2ccc(F)cn2)CC1. The van der Waals surface area contributed by atoms with E-state index in [-0.39, 0.29) is 18.1 Å². The Kier molecular flexibility index (Phi) is 4.31. The number of likely N-dealkylation sites (tertiary alicyclic amines) is 1. The molecule has 1 aromatic rings. The number of carbonyl (C=O) groups is 1. The van der Waals surface area contributed by atoms with Crippen LogP contribution in [0, 0.1) is 11.7 Å². The van der Waals surface area contributed by atoms with Crippen molar-refractivity contribution >= 4 is 11.8 Å². The summed E-state index contributed by atoms with van der Waals surface area (Å²) in [6.07, 6.45) is 2.32. The van der Waals surface area contributed by atoms with Crippen molar-refractivity contribution in [3.05, 3.63) is 24.1 Å². The second-order valence-electron chi connectivity index (χ2n) is 4.86. The molecule has 1 fully saturated rings. The zero-order chi connectivity index (χ0) is 13.8. The fourth-order valence-electron chi connectivity index (χ4n) is 2.22. The van der Waals surface area contributed by atoms with Gasteiger partial charge in [-0.1, -0.05) is 0 Å². The number of pyridine rings is 1. The van der Waals surface area contributed by atoms with E-state index >= 15 is 0 Å². The van der Waals surface area contributed by atoms with Gasteiger partial charge in [0.2, 0.25) is 0 Å². The molecule has 0 aliphatic carbocycles. The van der Waals surface area contributed by atoms with Crippen molar-refractivity contribution in [2.24, 2.45) is 5.92 Å². The molecule has 6 heteroatoms. The van der Waals surface area contributed by atoms with Gasteiger partial charge in [-0.15, -0.1) is 0 Å². The molecule has 0 bridgehead atoms. The molecular weight excluding hydrogens is 249 g/mol. The normalized spacial score (nSPS) is 18.2. The van der Waals surface area contributed by atoms with Crippen LogP contribution in [0.2, 0.25) is 0 Å². The lowest BCUT2D eigenvalue weighted by Gasteiger charge is -2.33. The second kappa shape index (κ2) is 5.97. The van der Waals surface area contributed by atoms with Crippen molar-refractivity contribution in [2.75, 3.05) is 18.4 Å². The number of aliphatic hydroxyl groups excluding tert-OH is 1. The van der Waals surface area contributed by atoms with Gasteiger partial charge in [0.15, 0.2) is 0 Å². The van der Waals surface area contributed by atoms with Crippen molar-refractivity contribution in [2.45, 2.75) is 25.9 Å². The predicted molar refractivity (Wildman–Crippen MR) is 69.2 cm³/mol. The van der Waals surface area contributed by atoms with Crippen LogP contribution in [0.1, 0.15) is 19.8 Å². The van der Waals surface area contributed by atoms with E-state index in [1.54, 1.807) is 11.8 Å². The zero-order valence-electron chi connectivity index (χ0n) is 10.8. The van der Waals surface area contributed by atoms with E-state index in [1.807, 2.05) is 0 Å². The lowest BCUT2D eigenvalue weighted by atomic mass is 9.92. The lowest BCUT2D eigenvalue weighted by molar-refractivity contribution is 0.0820. The van der Waals surface area contributed by atoms with Gasteiger partial charge in [0.1, 0.15) is 11.6 Å². The molecule has 5 nitrogen and oxygen atoms in total. The quantitative estimate of drug-likeness (QED) is 0.859. The number of piperidine rings is 1. The highest BCUT2D eigenvalue weighted by Gasteiger charge is 2.25. The van der Waals surface area contributed by atoms with Gasteiger partial charge >= 0.3 is 6.03 Å². The number of aliphatic hydroxyl groups is 1. The van der Waals surface area contributed by atoms with Gasteiger partial charge in [-0.2, -0.15) is 0 Å². The fraction of sp³-hybridized carbons (Fsp3) is 0.538. The minimum atomic E-state index is -0.434. The summed E-state index contributed by atoms with van der Waals surface area (Å²) in [5.74, 6) is 0.160. The molecule has 0 spiro atoms. The van der Waals surface area contributed by atoms with Crippen LogP contribution < -0.4 is 5.32 Å². The second-order valence-corrected chi connectivity index (χ2v) is 4.86. The van der Waals surface area contributed by atoms with Gasteiger partial charge in [0.25, 0.3) is 0 Å². The van der Waals surface area contributed by atoms with Gasteiger partial charge in [-0.05, 0) is 37.8 Å². The number of urea groups is 1. The van der Waals surface area contributed by atoms with E-state index in [1.165, 1.54) is 12.1 Å². The van der Waals surface area contributed by atoms with Crippen LogP contribution in [0.25, 0.3) is 0 Å². The summed E-state index contributed by atoms with van der Waals surface area (Å²) in [7, 11) is 0. The molecule has 1 aliphatic heterocycles. The van der Waals surface area contributed by atoms with Crippen LogP contribution in [-0.2, 0) is 0 Å². The summed E-state index contributed by atoms with van der Waals surface area (Å²) in [6.45, 7) is 3.01. The maximum atomic E-state index is 12.7. The summed E-state index contributed by atoms with van der Waals surface area (Å²) in [6, 6.07) is 2.45. The van der Waals surface area contributed by atoms with Crippen molar-refractivity contribution < 1.29 is 14.3 Å².